The molecule has 0 fully saturated rings. The predicted molar refractivity (Wildman–Crippen MR) is 104 cm³/mol. The molecule has 0 amide bonds. The maximum Gasteiger partial charge on any atom is 0.140 e. The molecule has 2 nitrogen and oxygen atoms in total. The molecule has 3 aromatic rings. The summed E-state index contributed by atoms with van der Waals surface area (Å²) in [5.41, 5.74) is 2.94. The summed E-state index contributed by atoms with van der Waals surface area (Å²) in [5, 5.41) is 0.719. The molecule has 3 aromatic carbocycles. The summed E-state index contributed by atoms with van der Waals surface area (Å²) in [6.45, 7) is 2.87. The van der Waals surface area contributed by atoms with Crippen molar-refractivity contribution in [3.63, 3.8) is 0 Å². The summed E-state index contributed by atoms with van der Waals surface area (Å²) in [7, 11) is 0. The number of hydrogen-bond acceptors (Lipinski definition) is 1. The summed E-state index contributed by atoms with van der Waals surface area (Å²) in [6, 6.07) is 28.1. The van der Waals surface area contributed by atoms with Gasteiger partial charge in [0.25, 0.3) is 0 Å². The Kier molecular flexibility index (Phi) is 5.29. The van der Waals surface area contributed by atoms with Gasteiger partial charge in [-0.2, -0.15) is 0 Å². The van der Waals surface area contributed by atoms with E-state index in [4.69, 9.17) is 16.6 Å². The van der Waals surface area contributed by atoms with Crippen LogP contribution in [0, 0.1) is 0 Å². The van der Waals surface area contributed by atoms with Crippen LogP contribution in [0.25, 0.3) is 0 Å². The summed E-state index contributed by atoms with van der Waals surface area (Å²) in [5.74, 6) is 0.886. The molecule has 0 radical (unpaired) electrons. The average Bonchev–Trinajstić information content (AvgIpc) is 2.64. The van der Waals surface area contributed by atoms with E-state index in [0.717, 1.165) is 34.3 Å². The van der Waals surface area contributed by atoms with Gasteiger partial charge in [0.15, 0.2) is 0 Å². The lowest BCUT2D eigenvalue weighted by molar-refractivity contribution is 1.05. The molecule has 3 rings (SSSR count). The fourth-order valence-corrected chi connectivity index (χ4v) is 2.84. The zero-order chi connectivity index (χ0) is 16.8. The zero-order valence-electron chi connectivity index (χ0n) is 13.6. The molecule has 0 aliphatic heterocycles. The fraction of sp³-hybridized carbons (Fsp3) is 0.0952. The van der Waals surface area contributed by atoms with E-state index in [-0.39, 0.29) is 0 Å². The molecule has 0 saturated heterocycles. The number of aliphatic imine (C=N–C) groups is 1. The molecule has 120 valence electrons. The van der Waals surface area contributed by atoms with Gasteiger partial charge in [-0.1, -0.05) is 72.3 Å². The van der Waals surface area contributed by atoms with Gasteiger partial charge in [-0.05, 0) is 31.2 Å². The molecule has 0 saturated carbocycles. The van der Waals surface area contributed by atoms with Crippen LogP contribution in [-0.4, -0.2) is 12.4 Å². The zero-order valence-corrected chi connectivity index (χ0v) is 14.3. The van der Waals surface area contributed by atoms with Crippen LogP contribution < -0.4 is 4.90 Å². The van der Waals surface area contributed by atoms with E-state index in [9.17, 15) is 0 Å². The molecule has 0 spiro atoms. The highest BCUT2D eigenvalue weighted by atomic mass is 35.5. The summed E-state index contributed by atoms with van der Waals surface area (Å²) in [6.07, 6.45) is 0. The average molecular weight is 335 g/mol. The minimum atomic E-state index is 0.719. The van der Waals surface area contributed by atoms with Crippen molar-refractivity contribution in [2.24, 2.45) is 4.99 Å². The van der Waals surface area contributed by atoms with Gasteiger partial charge in [-0.25, -0.2) is 4.99 Å². The number of rotatable bonds is 4. The Morgan fingerprint density at radius 3 is 2.04 bits per heavy atom. The van der Waals surface area contributed by atoms with Gasteiger partial charge in [0.1, 0.15) is 5.84 Å². The Hall–Kier alpha value is -2.58. The third-order valence-electron chi connectivity index (χ3n) is 3.74. The largest absolute Gasteiger partial charge is 0.325 e. The molecule has 0 N–H and O–H groups in total. The van der Waals surface area contributed by atoms with Crippen molar-refractivity contribution in [1.29, 1.82) is 0 Å². The van der Waals surface area contributed by atoms with Crippen molar-refractivity contribution in [2.75, 3.05) is 11.4 Å². The molecule has 0 atom stereocenters. The highest BCUT2D eigenvalue weighted by molar-refractivity contribution is 6.34. The standard InChI is InChI=1S/C21H19ClN2/c1-2-24(20-16-10-9-15-19(20)22)21(17-11-5-3-6-12-17)23-18-13-7-4-8-14-18/h3-16H,2H2,1H3. The van der Waals surface area contributed by atoms with Crippen LogP contribution in [0.15, 0.2) is 89.9 Å². The maximum absolute atomic E-state index is 6.44. The van der Waals surface area contributed by atoms with E-state index >= 15 is 0 Å². The Labute approximate surface area is 148 Å². The predicted octanol–water partition coefficient (Wildman–Crippen LogP) is 5.94. The monoisotopic (exact) mass is 334 g/mol. The second-order valence-corrected chi connectivity index (χ2v) is 5.74. The molecule has 3 heteroatoms. The quantitative estimate of drug-likeness (QED) is 0.425. The first-order valence-electron chi connectivity index (χ1n) is 8.01. The Morgan fingerprint density at radius 2 is 1.42 bits per heavy atom. The van der Waals surface area contributed by atoms with E-state index in [2.05, 4.69) is 24.0 Å². The smallest absolute Gasteiger partial charge is 0.140 e. The first-order valence-corrected chi connectivity index (χ1v) is 8.38. The van der Waals surface area contributed by atoms with Crippen LogP contribution >= 0.6 is 11.6 Å². The number of hydrogen-bond donors (Lipinski definition) is 0. The van der Waals surface area contributed by atoms with Gasteiger partial charge in [0.2, 0.25) is 0 Å². The normalized spacial score (nSPS) is 11.3. The van der Waals surface area contributed by atoms with Crippen molar-refractivity contribution in [2.45, 2.75) is 6.92 Å². The summed E-state index contributed by atoms with van der Waals surface area (Å²) in [4.78, 5) is 7.04. The Balaban J connectivity index is 2.13. The number of benzene rings is 3. The minimum absolute atomic E-state index is 0.719. The van der Waals surface area contributed by atoms with E-state index in [0.29, 0.717) is 0 Å². The SMILES string of the molecule is CCN(C(=Nc1ccccc1)c1ccccc1)c1ccccc1Cl. The minimum Gasteiger partial charge on any atom is -0.325 e. The molecule has 0 heterocycles. The van der Waals surface area contributed by atoms with Crippen LogP contribution in [0.1, 0.15) is 12.5 Å². The number of para-hydroxylation sites is 2. The lowest BCUT2D eigenvalue weighted by Crippen LogP contribution is -2.31. The van der Waals surface area contributed by atoms with E-state index in [1.165, 1.54) is 0 Å². The van der Waals surface area contributed by atoms with Crippen LogP contribution in [0.2, 0.25) is 5.02 Å². The summed E-state index contributed by atoms with van der Waals surface area (Å²) >= 11 is 6.44. The lowest BCUT2D eigenvalue weighted by Gasteiger charge is -2.26. The van der Waals surface area contributed by atoms with Gasteiger partial charge in [-0.3, -0.25) is 0 Å². The van der Waals surface area contributed by atoms with Gasteiger partial charge >= 0.3 is 0 Å². The molecule has 0 bridgehead atoms. The summed E-state index contributed by atoms with van der Waals surface area (Å²) < 4.78 is 0. The molecule has 0 aliphatic carbocycles. The number of anilines is 1. The second kappa shape index (κ2) is 7.80. The van der Waals surface area contributed by atoms with Crippen molar-refractivity contribution >= 4 is 28.8 Å². The lowest BCUT2D eigenvalue weighted by atomic mass is 10.1. The van der Waals surface area contributed by atoms with Gasteiger partial charge in [0.05, 0.1) is 16.4 Å². The third-order valence-corrected chi connectivity index (χ3v) is 4.06. The number of nitrogens with zero attached hydrogens (tertiary/aromatic N) is 2. The Bertz CT molecular complexity index is 814. The van der Waals surface area contributed by atoms with Crippen LogP contribution in [-0.2, 0) is 0 Å². The molecular formula is C21H19ClN2. The molecule has 0 unspecified atom stereocenters. The van der Waals surface area contributed by atoms with Crippen molar-refractivity contribution in [3.05, 3.63) is 95.5 Å². The highest BCUT2D eigenvalue weighted by Crippen LogP contribution is 2.28. The fourth-order valence-electron chi connectivity index (χ4n) is 2.60. The van der Waals surface area contributed by atoms with Crippen molar-refractivity contribution < 1.29 is 0 Å². The van der Waals surface area contributed by atoms with Crippen LogP contribution in [0.5, 0.6) is 0 Å². The topological polar surface area (TPSA) is 15.6 Å². The highest BCUT2D eigenvalue weighted by Gasteiger charge is 2.16. The molecule has 0 aromatic heterocycles. The molecular weight excluding hydrogens is 316 g/mol. The number of amidine groups is 1. The number of halogens is 1. The third kappa shape index (κ3) is 3.66. The van der Waals surface area contributed by atoms with E-state index in [1.807, 2.05) is 72.8 Å². The van der Waals surface area contributed by atoms with E-state index in [1.54, 1.807) is 0 Å². The van der Waals surface area contributed by atoms with Gasteiger partial charge < -0.3 is 4.90 Å². The van der Waals surface area contributed by atoms with Crippen LogP contribution in [0.4, 0.5) is 11.4 Å². The first kappa shape index (κ1) is 16.3. The van der Waals surface area contributed by atoms with Crippen molar-refractivity contribution in [3.8, 4) is 0 Å². The molecule has 0 aliphatic rings. The van der Waals surface area contributed by atoms with Gasteiger partial charge in [0, 0.05) is 12.1 Å². The Morgan fingerprint density at radius 1 is 0.833 bits per heavy atom. The van der Waals surface area contributed by atoms with Gasteiger partial charge in [-0.15, -0.1) is 0 Å². The van der Waals surface area contributed by atoms with Crippen LogP contribution in [0.3, 0.4) is 0 Å². The second-order valence-electron chi connectivity index (χ2n) is 5.33. The first-order chi connectivity index (χ1) is 11.8. The molecule has 24 heavy (non-hydrogen) atoms. The maximum atomic E-state index is 6.44. The van der Waals surface area contributed by atoms with E-state index < -0.39 is 0 Å². The van der Waals surface area contributed by atoms with Crippen molar-refractivity contribution in [1.82, 2.24) is 0 Å².